The third-order valence-electron chi connectivity index (χ3n) is 2.81. The molecule has 0 aliphatic heterocycles. The SMILES string of the molecule is CCCCC(NS(=O)(=O)c1ccc(Cl)c(C#N)c1)C(=O)O. The Morgan fingerprint density at radius 1 is 1.52 bits per heavy atom. The van der Waals surface area contributed by atoms with Crippen LogP contribution in [0.2, 0.25) is 5.02 Å². The maximum absolute atomic E-state index is 12.2. The summed E-state index contributed by atoms with van der Waals surface area (Å²) in [5.41, 5.74) is 0.0139. The predicted molar refractivity (Wildman–Crippen MR) is 77.4 cm³/mol. The number of carbonyl (C=O) groups is 1. The molecule has 21 heavy (non-hydrogen) atoms. The molecule has 0 heterocycles. The number of hydrogen-bond acceptors (Lipinski definition) is 4. The highest BCUT2D eigenvalue weighted by atomic mass is 35.5. The molecule has 0 fully saturated rings. The highest BCUT2D eigenvalue weighted by Crippen LogP contribution is 2.20. The molecule has 1 aromatic rings. The number of sulfonamides is 1. The lowest BCUT2D eigenvalue weighted by Crippen LogP contribution is -2.40. The van der Waals surface area contributed by atoms with Crippen LogP contribution in [0.3, 0.4) is 0 Å². The van der Waals surface area contributed by atoms with Crippen molar-refractivity contribution in [1.82, 2.24) is 4.72 Å². The Kier molecular flexibility index (Phi) is 6.15. The number of aliphatic carboxylic acids is 1. The second kappa shape index (κ2) is 7.41. The Balaban J connectivity index is 3.05. The zero-order chi connectivity index (χ0) is 16.0. The molecule has 8 heteroatoms. The lowest BCUT2D eigenvalue weighted by atomic mass is 10.1. The molecule has 1 rings (SSSR count). The van der Waals surface area contributed by atoms with Crippen LogP contribution in [0.15, 0.2) is 23.1 Å². The third kappa shape index (κ3) is 4.70. The number of rotatable bonds is 7. The van der Waals surface area contributed by atoms with Crippen molar-refractivity contribution < 1.29 is 18.3 Å². The summed E-state index contributed by atoms with van der Waals surface area (Å²) in [5.74, 6) is -1.23. The van der Waals surface area contributed by atoms with Crippen molar-refractivity contribution in [2.24, 2.45) is 0 Å². The van der Waals surface area contributed by atoms with Gasteiger partial charge in [0.05, 0.1) is 15.5 Å². The number of nitrogens with zero attached hydrogens (tertiary/aromatic N) is 1. The van der Waals surface area contributed by atoms with Crippen molar-refractivity contribution in [3.8, 4) is 6.07 Å². The van der Waals surface area contributed by atoms with E-state index >= 15 is 0 Å². The van der Waals surface area contributed by atoms with E-state index in [1.54, 1.807) is 6.07 Å². The van der Waals surface area contributed by atoms with E-state index in [2.05, 4.69) is 4.72 Å². The fraction of sp³-hybridized carbons (Fsp3) is 0.385. The van der Waals surface area contributed by atoms with Gasteiger partial charge in [0.1, 0.15) is 12.1 Å². The van der Waals surface area contributed by atoms with E-state index in [-0.39, 0.29) is 21.9 Å². The topological polar surface area (TPSA) is 107 Å². The van der Waals surface area contributed by atoms with E-state index in [0.29, 0.717) is 6.42 Å². The van der Waals surface area contributed by atoms with Crippen molar-refractivity contribution >= 4 is 27.6 Å². The number of nitriles is 1. The van der Waals surface area contributed by atoms with E-state index < -0.39 is 22.0 Å². The summed E-state index contributed by atoms with van der Waals surface area (Å²) in [4.78, 5) is 10.9. The number of unbranched alkanes of at least 4 members (excludes halogenated alkanes) is 1. The smallest absolute Gasteiger partial charge is 0.321 e. The first-order valence-corrected chi connectivity index (χ1v) is 8.12. The van der Waals surface area contributed by atoms with Crippen molar-refractivity contribution in [1.29, 1.82) is 5.26 Å². The van der Waals surface area contributed by atoms with Crippen LogP contribution in [-0.2, 0) is 14.8 Å². The van der Waals surface area contributed by atoms with Crippen LogP contribution < -0.4 is 4.72 Å². The van der Waals surface area contributed by atoms with Crippen LogP contribution in [0, 0.1) is 11.3 Å². The van der Waals surface area contributed by atoms with Crippen LogP contribution in [0.5, 0.6) is 0 Å². The van der Waals surface area contributed by atoms with E-state index in [1.165, 1.54) is 12.1 Å². The maximum atomic E-state index is 12.2. The monoisotopic (exact) mass is 330 g/mol. The average Bonchev–Trinajstić information content (AvgIpc) is 2.43. The standard InChI is InChI=1S/C13H15ClN2O4S/c1-2-3-4-12(13(17)18)16-21(19,20)10-5-6-11(14)9(7-10)8-15/h5-7,12,16H,2-4H2,1H3,(H,17,18). The molecule has 1 unspecified atom stereocenters. The molecule has 0 saturated carbocycles. The molecule has 114 valence electrons. The summed E-state index contributed by atoms with van der Waals surface area (Å²) in [5, 5.41) is 18.0. The summed E-state index contributed by atoms with van der Waals surface area (Å²) in [6, 6.07) is 4.21. The largest absolute Gasteiger partial charge is 0.480 e. The molecule has 1 atom stereocenters. The first kappa shape index (κ1) is 17.4. The first-order chi connectivity index (χ1) is 9.81. The van der Waals surface area contributed by atoms with Crippen LogP contribution >= 0.6 is 11.6 Å². The van der Waals surface area contributed by atoms with Crippen LogP contribution in [0.25, 0.3) is 0 Å². The zero-order valence-corrected chi connectivity index (χ0v) is 12.9. The summed E-state index contributed by atoms with van der Waals surface area (Å²) in [7, 11) is -4.02. The molecule has 1 aromatic carbocycles. The Morgan fingerprint density at radius 2 is 2.19 bits per heavy atom. The Bertz CT molecular complexity index is 667. The van der Waals surface area contributed by atoms with Crippen molar-refractivity contribution in [2.45, 2.75) is 37.1 Å². The highest BCUT2D eigenvalue weighted by molar-refractivity contribution is 7.89. The molecule has 0 aliphatic carbocycles. The van der Waals surface area contributed by atoms with Crippen molar-refractivity contribution in [3.63, 3.8) is 0 Å². The highest BCUT2D eigenvalue weighted by Gasteiger charge is 2.25. The molecule has 0 radical (unpaired) electrons. The second-order valence-electron chi connectivity index (χ2n) is 4.41. The Labute approximate surface area is 128 Å². The van der Waals surface area contributed by atoms with E-state index in [0.717, 1.165) is 12.5 Å². The molecular formula is C13H15ClN2O4S. The lowest BCUT2D eigenvalue weighted by Gasteiger charge is -2.14. The third-order valence-corrected chi connectivity index (χ3v) is 4.61. The van der Waals surface area contributed by atoms with Crippen LogP contribution in [0.1, 0.15) is 31.7 Å². The van der Waals surface area contributed by atoms with E-state index in [1.807, 2.05) is 6.92 Å². The minimum absolute atomic E-state index is 0.0139. The van der Waals surface area contributed by atoms with E-state index in [4.69, 9.17) is 22.0 Å². The summed E-state index contributed by atoms with van der Waals surface area (Å²) >= 11 is 5.74. The van der Waals surface area contributed by atoms with Gasteiger partial charge in [-0.2, -0.15) is 9.98 Å². The van der Waals surface area contributed by atoms with Crippen molar-refractivity contribution in [3.05, 3.63) is 28.8 Å². The molecule has 2 N–H and O–H groups in total. The molecule has 0 spiro atoms. The number of nitrogens with one attached hydrogen (secondary N) is 1. The maximum Gasteiger partial charge on any atom is 0.321 e. The van der Waals surface area contributed by atoms with Crippen LogP contribution in [-0.4, -0.2) is 25.5 Å². The van der Waals surface area contributed by atoms with Gasteiger partial charge in [-0.15, -0.1) is 0 Å². The van der Waals surface area contributed by atoms with Gasteiger partial charge < -0.3 is 5.11 Å². The van der Waals surface area contributed by atoms with Gasteiger partial charge in [-0.3, -0.25) is 4.79 Å². The first-order valence-electron chi connectivity index (χ1n) is 6.26. The van der Waals surface area contributed by atoms with Gasteiger partial charge in [0, 0.05) is 0 Å². The average molecular weight is 331 g/mol. The Hall–Kier alpha value is -1.62. The lowest BCUT2D eigenvalue weighted by molar-refractivity contribution is -0.139. The molecule has 0 aliphatic rings. The predicted octanol–water partition coefficient (Wildman–Crippen LogP) is 2.13. The van der Waals surface area contributed by atoms with Gasteiger partial charge in [-0.05, 0) is 24.6 Å². The molecule has 0 bridgehead atoms. The summed E-state index contributed by atoms with van der Waals surface area (Å²) in [6.07, 6.45) is 1.54. The zero-order valence-electron chi connectivity index (χ0n) is 11.3. The number of carboxylic acid groups (broad SMARTS) is 1. The molecule has 0 saturated heterocycles. The van der Waals surface area contributed by atoms with Gasteiger partial charge in [-0.25, -0.2) is 8.42 Å². The fourth-order valence-corrected chi connectivity index (χ4v) is 3.06. The minimum atomic E-state index is -4.02. The van der Waals surface area contributed by atoms with Crippen molar-refractivity contribution in [2.75, 3.05) is 0 Å². The van der Waals surface area contributed by atoms with Gasteiger partial charge in [0.15, 0.2) is 0 Å². The number of carboxylic acids is 1. The van der Waals surface area contributed by atoms with Gasteiger partial charge in [0.2, 0.25) is 10.0 Å². The van der Waals surface area contributed by atoms with Crippen LogP contribution in [0.4, 0.5) is 0 Å². The minimum Gasteiger partial charge on any atom is -0.480 e. The molecule has 0 amide bonds. The Morgan fingerprint density at radius 3 is 2.71 bits per heavy atom. The van der Waals surface area contributed by atoms with E-state index in [9.17, 15) is 13.2 Å². The normalized spacial score (nSPS) is 12.6. The number of halogens is 1. The number of hydrogen-bond donors (Lipinski definition) is 2. The number of benzene rings is 1. The summed E-state index contributed by atoms with van der Waals surface area (Å²) in [6.45, 7) is 1.88. The summed E-state index contributed by atoms with van der Waals surface area (Å²) < 4.78 is 26.5. The quantitative estimate of drug-likeness (QED) is 0.796. The molecule has 6 nitrogen and oxygen atoms in total. The van der Waals surface area contributed by atoms with Gasteiger partial charge in [-0.1, -0.05) is 31.4 Å². The van der Waals surface area contributed by atoms with Gasteiger partial charge in [0.25, 0.3) is 0 Å². The van der Waals surface area contributed by atoms with Gasteiger partial charge >= 0.3 is 5.97 Å². The molecular weight excluding hydrogens is 316 g/mol. The molecule has 0 aromatic heterocycles. The second-order valence-corrected chi connectivity index (χ2v) is 6.53. The fourth-order valence-electron chi connectivity index (χ4n) is 1.65.